The molecule has 0 radical (unpaired) electrons. The monoisotopic (exact) mass is 415 g/mol. The van der Waals surface area contributed by atoms with E-state index in [-0.39, 0.29) is 23.6 Å². The van der Waals surface area contributed by atoms with E-state index < -0.39 is 0 Å². The summed E-state index contributed by atoms with van der Waals surface area (Å²) in [6.45, 7) is 1.98. The van der Waals surface area contributed by atoms with Crippen molar-refractivity contribution in [1.29, 1.82) is 0 Å². The van der Waals surface area contributed by atoms with Gasteiger partial charge >= 0.3 is 0 Å². The van der Waals surface area contributed by atoms with E-state index in [9.17, 15) is 9.59 Å². The van der Waals surface area contributed by atoms with Gasteiger partial charge in [0, 0.05) is 24.3 Å². The zero-order valence-electron chi connectivity index (χ0n) is 15.6. The lowest BCUT2D eigenvalue weighted by Crippen LogP contribution is -2.34. The number of benzene rings is 1. The molecule has 0 saturated heterocycles. The fourth-order valence-electron chi connectivity index (χ4n) is 2.59. The van der Waals surface area contributed by atoms with Crippen LogP contribution in [0.15, 0.2) is 52.6 Å². The average Bonchev–Trinajstić information content (AvgIpc) is 3.31. The maximum atomic E-state index is 12.5. The first-order valence-corrected chi connectivity index (χ1v) is 10.6. The molecule has 28 heavy (non-hydrogen) atoms. The van der Waals surface area contributed by atoms with E-state index in [1.54, 1.807) is 46.5 Å². The van der Waals surface area contributed by atoms with Crippen LogP contribution in [0, 0.1) is 0 Å². The summed E-state index contributed by atoms with van der Waals surface area (Å²) in [6.07, 6.45) is 2.37. The zero-order chi connectivity index (χ0) is 19.9. The van der Waals surface area contributed by atoms with E-state index in [0.29, 0.717) is 16.4 Å². The van der Waals surface area contributed by atoms with E-state index in [0.717, 1.165) is 6.42 Å². The standard InChI is InChI=1S/C19H21N5O2S2/c1-13(8-14-6-7-27-10-14)21-18(26)15-4-3-5-16(9-15)22-17(25)11-28-19-23-20-12-24(19)2/h3-7,9-10,12-13H,8,11H2,1-2H3,(H,21,26)(H,22,25). The zero-order valence-corrected chi connectivity index (χ0v) is 17.2. The maximum absolute atomic E-state index is 12.5. The van der Waals surface area contributed by atoms with Gasteiger partial charge < -0.3 is 15.2 Å². The Morgan fingerprint density at radius 3 is 2.89 bits per heavy atom. The molecule has 146 valence electrons. The molecule has 2 heterocycles. The predicted molar refractivity (Wildman–Crippen MR) is 112 cm³/mol. The van der Waals surface area contributed by atoms with Gasteiger partial charge in [0.25, 0.3) is 5.91 Å². The highest BCUT2D eigenvalue weighted by molar-refractivity contribution is 7.99. The second kappa shape index (κ2) is 9.52. The molecule has 0 aliphatic heterocycles. The van der Waals surface area contributed by atoms with Gasteiger partial charge in [-0.2, -0.15) is 11.3 Å². The Morgan fingerprint density at radius 1 is 1.32 bits per heavy atom. The Bertz CT molecular complexity index is 939. The summed E-state index contributed by atoms with van der Waals surface area (Å²) >= 11 is 2.95. The minimum absolute atomic E-state index is 0.0168. The van der Waals surface area contributed by atoms with Crippen molar-refractivity contribution in [2.75, 3.05) is 11.1 Å². The van der Waals surface area contributed by atoms with Crippen LogP contribution >= 0.6 is 23.1 Å². The molecule has 0 saturated carbocycles. The maximum Gasteiger partial charge on any atom is 0.251 e. The number of nitrogens with zero attached hydrogens (tertiary/aromatic N) is 3. The van der Waals surface area contributed by atoms with Crippen molar-refractivity contribution >= 4 is 40.6 Å². The number of aryl methyl sites for hydroxylation is 1. The van der Waals surface area contributed by atoms with Gasteiger partial charge in [0.05, 0.1) is 5.75 Å². The minimum Gasteiger partial charge on any atom is -0.349 e. The van der Waals surface area contributed by atoms with Gasteiger partial charge in [-0.25, -0.2) is 0 Å². The number of anilines is 1. The fourth-order valence-corrected chi connectivity index (χ4v) is 3.96. The number of nitrogens with one attached hydrogen (secondary N) is 2. The fraction of sp³-hybridized carbons (Fsp3) is 0.263. The summed E-state index contributed by atoms with van der Waals surface area (Å²) in [5, 5.41) is 18.3. The van der Waals surface area contributed by atoms with Crippen molar-refractivity contribution in [3.05, 3.63) is 58.5 Å². The van der Waals surface area contributed by atoms with Crippen LogP contribution in [-0.2, 0) is 18.3 Å². The van der Waals surface area contributed by atoms with Crippen LogP contribution in [0.25, 0.3) is 0 Å². The van der Waals surface area contributed by atoms with E-state index >= 15 is 0 Å². The predicted octanol–water partition coefficient (Wildman–Crippen LogP) is 2.97. The van der Waals surface area contributed by atoms with Crippen molar-refractivity contribution in [3.8, 4) is 0 Å². The molecule has 0 spiro atoms. The number of aromatic nitrogens is 3. The smallest absolute Gasteiger partial charge is 0.251 e. The lowest BCUT2D eigenvalue weighted by atomic mass is 10.1. The van der Waals surface area contributed by atoms with Crippen LogP contribution in [0.1, 0.15) is 22.8 Å². The Balaban J connectivity index is 1.53. The van der Waals surface area contributed by atoms with Gasteiger partial charge in [-0.1, -0.05) is 17.8 Å². The topological polar surface area (TPSA) is 88.9 Å². The van der Waals surface area contributed by atoms with Crippen molar-refractivity contribution in [2.24, 2.45) is 7.05 Å². The number of thiophene rings is 1. The molecular formula is C19H21N5O2S2. The van der Waals surface area contributed by atoms with Crippen LogP contribution < -0.4 is 10.6 Å². The van der Waals surface area contributed by atoms with Crippen molar-refractivity contribution in [1.82, 2.24) is 20.1 Å². The Kier molecular flexibility index (Phi) is 6.83. The van der Waals surface area contributed by atoms with Gasteiger partial charge in [0.15, 0.2) is 5.16 Å². The average molecular weight is 416 g/mol. The second-order valence-electron chi connectivity index (χ2n) is 6.35. The largest absolute Gasteiger partial charge is 0.349 e. The molecule has 1 unspecified atom stereocenters. The molecule has 2 aromatic heterocycles. The van der Waals surface area contributed by atoms with Crippen LogP contribution in [0.3, 0.4) is 0 Å². The Morgan fingerprint density at radius 2 is 2.18 bits per heavy atom. The molecule has 2 amide bonds. The van der Waals surface area contributed by atoms with Crippen LogP contribution in [0.2, 0.25) is 0 Å². The lowest BCUT2D eigenvalue weighted by Gasteiger charge is -2.14. The quantitative estimate of drug-likeness (QED) is 0.552. The van der Waals surface area contributed by atoms with E-state index in [1.807, 2.05) is 19.4 Å². The third-order valence-corrected chi connectivity index (χ3v) is 5.68. The molecule has 0 bridgehead atoms. The summed E-state index contributed by atoms with van der Waals surface area (Å²) in [7, 11) is 1.82. The van der Waals surface area contributed by atoms with Crippen molar-refractivity contribution in [3.63, 3.8) is 0 Å². The third kappa shape index (κ3) is 5.67. The molecule has 0 aliphatic rings. The minimum atomic E-state index is -0.170. The molecule has 7 nitrogen and oxygen atoms in total. The van der Waals surface area contributed by atoms with Gasteiger partial charge in [0.2, 0.25) is 5.91 Å². The van der Waals surface area contributed by atoms with Crippen molar-refractivity contribution < 1.29 is 9.59 Å². The van der Waals surface area contributed by atoms with Crippen LogP contribution in [-0.4, -0.2) is 38.4 Å². The summed E-state index contributed by atoms with van der Waals surface area (Å²) in [5.41, 5.74) is 2.30. The summed E-state index contributed by atoms with van der Waals surface area (Å²) in [4.78, 5) is 24.7. The summed E-state index contributed by atoms with van der Waals surface area (Å²) in [5.74, 6) is -0.121. The Labute approximate surface area is 171 Å². The molecule has 3 rings (SSSR count). The molecule has 9 heteroatoms. The molecule has 2 N–H and O–H groups in total. The first kappa shape index (κ1) is 20.1. The van der Waals surface area contributed by atoms with E-state index in [2.05, 4.69) is 32.3 Å². The molecule has 1 aromatic carbocycles. The van der Waals surface area contributed by atoms with Gasteiger partial charge in [0.1, 0.15) is 6.33 Å². The highest BCUT2D eigenvalue weighted by Gasteiger charge is 2.12. The normalized spacial score (nSPS) is 11.8. The first-order chi connectivity index (χ1) is 13.5. The van der Waals surface area contributed by atoms with Gasteiger partial charge in [-0.15, -0.1) is 10.2 Å². The molecule has 0 fully saturated rings. The highest BCUT2D eigenvalue weighted by Crippen LogP contribution is 2.16. The van der Waals surface area contributed by atoms with Crippen molar-refractivity contribution in [2.45, 2.75) is 24.5 Å². The molecule has 1 atom stereocenters. The molecule has 0 aliphatic carbocycles. The SMILES string of the molecule is CC(Cc1ccsc1)NC(=O)c1cccc(NC(=O)CSc2nncn2C)c1. The van der Waals surface area contributed by atoms with Gasteiger partial charge in [-0.05, 0) is 53.9 Å². The van der Waals surface area contributed by atoms with Crippen LogP contribution in [0.4, 0.5) is 5.69 Å². The number of hydrogen-bond acceptors (Lipinski definition) is 6. The number of rotatable bonds is 8. The van der Waals surface area contributed by atoms with E-state index in [1.165, 1.54) is 17.3 Å². The molecule has 3 aromatic rings. The summed E-state index contributed by atoms with van der Waals surface area (Å²) in [6, 6.07) is 9.00. The first-order valence-electron chi connectivity index (χ1n) is 8.70. The van der Waals surface area contributed by atoms with Crippen LogP contribution in [0.5, 0.6) is 0 Å². The van der Waals surface area contributed by atoms with Gasteiger partial charge in [-0.3, -0.25) is 9.59 Å². The lowest BCUT2D eigenvalue weighted by molar-refractivity contribution is -0.113. The number of carbonyl (C=O) groups is 2. The summed E-state index contributed by atoms with van der Waals surface area (Å²) < 4.78 is 1.75. The number of thioether (sulfide) groups is 1. The number of amides is 2. The number of hydrogen-bond donors (Lipinski definition) is 2. The van der Waals surface area contributed by atoms with E-state index in [4.69, 9.17) is 0 Å². The second-order valence-corrected chi connectivity index (χ2v) is 8.07. The Hall–Kier alpha value is -2.65. The number of carbonyl (C=O) groups excluding carboxylic acids is 2. The molecular weight excluding hydrogens is 394 g/mol. The third-order valence-electron chi connectivity index (χ3n) is 3.91. The highest BCUT2D eigenvalue weighted by atomic mass is 32.2.